The first-order chi connectivity index (χ1) is 12.9. The zero-order valence-corrected chi connectivity index (χ0v) is 16.1. The molecule has 1 aliphatic heterocycles. The van der Waals surface area contributed by atoms with Crippen molar-refractivity contribution >= 4 is 23.2 Å². The number of methoxy groups -OCH3 is 1. The third-order valence-electron chi connectivity index (χ3n) is 4.79. The molecule has 8 nitrogen and oxygen atoms in total. The number of aryl methyl sites for hydroxylation is 2. The van der Waals surface area contributed by atoms with Crippen LogP contribution < -0.4 is 15.0 Å². The molecule has 0 aliphatic carbocycles. The molecule has 0 radical (unpaired) electrons. The fourth-order valence-corrected chi connectivity index (χ4v) is 3.32. The number of aromatic nitrogens is 2. The van der Waals surface area contributed by atoms with Crippen molar-refractivity contribution < 1.29 is 14.3 Å². The number of amides is 2. The highest BCUT2D eigenvalue weighted by Crippen LogP contribution is 2.30. The molecule has 144 valence electrons. The van der Waals surface area contributed by atoms with Crippen molar-refractivity contribution in [3.63, 3.8) is 0 Å². The summed E-state index contributed by atoms with van der Waals surface area (Å²) in [6.07, 6.45) is 1.77. The van der Waals surface area contributed by atoms with Crippen LogP contribution in [-0.2, 0) is 16.6 Å². The summed E-state index contributed by atoms with van der Waals surface area (Å²) < 4.78 is 7.03. The molecule has 3 rings (SSSR count). The fraction of sp³-hybridized carbons (Fsp3) is 0.421. The van der Waals surface area contributed by atoms with Gasteiger partial charge in [0.1, 0.15) is 5.75 Å². The van der Waals surface area contributed by atoms with E-state index in [1.807, 2.05) is 43.0 Å². The Labute approximate surface area is 158 Å². The van der Waals surface area contributed by atoms with Crippen LogP contribution in [-0.4, -0.2) is 59.3 Å². The zero-order chi connectivity index (χ0) is 19.6. The lowest BCUT2D eigenvalue weighted by atomic mass is 10.1. The summed E-state index contributed by atoms with van der Waals surface area (Å²) in [5.41, 5.74) is 2.21. The number of hydrogen-bond acceptors (Lipinski definition) is 5. The third-order valence-corrected chi connectivity index (χ3v) is 4.79. The average molecular weight is 371 g/mol. The van der Waals surface area contributed by atoms with Crippen molar-refractivity contribution in [1.29, 1.82) is 0 Å². The number of rotatable bonds is 5. The summed E-state index contributed by atoms with van der Waals surface area (Å²) in [6.45, 7) is 4.93. The highest BCUT2D eigenvalue weighted by molar-refractivity contribution is 6.00. The SMILES string of the molecule is COc1ccccc1N1CCN(CC(=O)Nc2cn(C)nc2C)[C@H](C)C1=O. The van der Waals surface area contributed by atoms with E-state index < -0.39 is 6.04 Å². The van der Waals surface area contributed by atoms with Gasteiger partial charge in [-0.1, -0.05) is 12.1 Å². The number of nitrogens with zero attached hydrogens (tertiary/aromatic N) is 4. The Hall–Kier alpha value is -2.87. The number of nitrogens with one attached hydrogen (secondary N) is 1. The number of carbonyl (C=O) groups excluding carboxylic acids is 2. The topological polar surface area (TPSA) is 79.7 Å². The number of benzene rings is 1. The summed E-state index contributed by atoms with van der Waals surface area (Å²) in [7, 11) is 3.40. The van der Waals surface area contributed by atoms with Gasteiger partial charge in [-0.15, -0.1) is 0 Å². The first-order valence-electron chi connectivity index (χ1n) is 8.89. The fourth-order valence-electron chi connectivity index (χ4n) is 3.32. The molecule has 0 bridgehead atoms. The van der Waals surface area contributed by atoms with E-state index in [2.05, 4.69) is 10.4 Å². The van der Waals surface area contributed by atoms with E-state index in [0.29, 0.717) is 24.5 Å². The van der Waals surface area contributed by atoms with Crippen LogP contribution in [0.3, 0.4) is 0 Å². The van der Waals surface area contributed by atoms with Gasteiger partial charge in [0, 0.05) is 26.3 Å². The first kappa shape index (κ1) is 18.9. The minimum atomic E-state index is -0.399. The maximum Gasteiger partial charge on any atom is 0.244 e. The normalized spacial score (nSPS) is 17.9. The molecule has 2 heterocycles. The van der Waals surface area contributed by atoms with Crippen LogP contribution in [0.4, 0.5) is 11.4 Å². The highest BCUT2D eigenvalue weighted by atomic mass is 16.5. The van der Waals surface area contributed by atoms with Crippen molar-refractivity contribution in [2.24, 2.45) is 7.05 Å². The lowest BCUT2D eigenvalue weighted by Crippen LogP contribution is -2.57. The molecule has 1 N–H and O–H groups in total. The number of ether oxygens (including phenoxy) is 1. The largest absolute Gasteiger partial charge is 0.495 e. The molecule has 8 heteroatoms. The lowest BCUT2D eigenvalue weighted by molar-refractivity contribution is -0.127. The lowest BCUT2D eigenvalue weighted by Gasteiger charge is -2.39. The minimum Gasteiger partial charge on any atom is -0.495 e. The van der Waals surface area contributed by atoms with Crippen molar-refractivity contribution in [3.8, 4) is 5.75 Å². The Morgan fingerprint density at radius 3 is 2.74 bits per heavy atom. The maximum absolute atomic E-state index is 12.9. The Bertz CT molecular complexity index is 848. The van der Waals surface area contributed by atoms with Crippen molar-refractivity contribution in [3.05, 3.63) is 36.2 Å². The molecule has 0 saturated carbocycles. The van der Waals surface area contributed by atoms with Crippen LogP contribution in [0.1, 0.15) is 12.6 Å². The molecule has 2 amide bonds. The van der Waals surface area contributed by atoms with Crippen LogP contribution in [0.2, 0.25) is 0 Å². The molecule has 1 atom stereocenters. The van der Waals surface area contributed by atoms with Crippen LogP contribution in [0.5, 0.6) is 5.75 Å². The van der Waals surface area contributed by atoms with Crippen LogP contribution in [0.15, 0.2) is 30.5 Å². The first-order valence-corrected chi connectivity index (χ1v) is 8.89. The van der Waals surface area contributed by atoms with Gasteiger partial charge in [0.2, 0.25) is 11.8 Å². The van der Waals surface area contributed by atoms with Gasteiger partial charge < -0.3 is 15.0 Å². The Balaban J connectivity index is 1.66. The monoisotopic (exact) mass is 371 g/mol. The van der Waals surface area contributed by atoms with E-state index in [1.54, 1.807) is 29.9 Å². The Morgan fingerprint density at radius 2 is 2.07 bits per heavy atom. The van der Waals surface area contributed by atoms with E-state index in [4.69, 9.17) is 4.74 Å². The second kappa shape index (κ2) is 7.79. The molecule has 1 aromatic heterocycles. The van der Waals surface area contributed by atoms with Gasteiger partial charge in [0.25, 0.3) is 0 Å². The third kappa shape index (κ3) is 3.95. The van der Waals surface area contributed by atoms with E-state index in [1.165, 1.54) is 0 Å². The van der Waals surface area contributed by atoms with Crippen LogP contribution in [0, 0.1) is 6.92 Å². The van der Waals surface area contributed by atoms with Gasteiger partial charge in [-0.2, -0.15) is 5.10 Å². The molecule has 27 heavy (non-hydrogen) atoms. The molecule has 1 aliphatic rings. The van der Waals surface area contributed by atoms with Crippen molar-refractivity contribution in [2.45, 2.75) is 19.9 Å². The Morgan fingerprint density at radius 1 is 1.33 bits per heavy atom. The summed E-state index contributed by atoms with van der Waals surface area (Å²) in [5.74, 6) is 0.462. The molecule has 1 aromatic carbocycles. The van der Waals surface area contributed by atoms with Gasteiger partial charge in [0.15, 0.2) is 0 Å². The predicted octanol–water partition coefficient (Wildman–Crippen LogP) is 1.41. The quantitative estimate of drug-likeness (QED) is 0.860. The van der Waals surface area contributed by atoms with Gasteiger partial charge in [-0.05, 0) is 26.0 Å². The standard InChI is InChI=1S/C19H25N5O3/c1-13-15(11-22(3)21-13)20-18(25)12-23-9-10-24(19(26)14(23)2)16-7-5-6-8-17(16)27-4/h5-8,11,14H,9-10,12H2,1-4H3,(H,20,25)/t14-/m1/s1. The minimum absolute atomic E-state index is 0.0453. The predicted molar refractivity (Wildman–Crippen MR) is 103 cm³/mol. The van der Waals surface area contributed by atoms with E-state index in [9.17, 15) is 9.59 Å². The smallest absolute Gasteiger partial charge is 0.244 e. The van der Waals surface area contributed by atoms with Crippen molar-refractivity contribution in [2.75, 3.05) is 37.0 Å². The van der Waals surface area contributed by atoms with Gasteiger partial charge in [-0.3, -0.25) is 19.2 Å². The Kier molecular flexibility index (Phi) is 5.46. The summed E-state index contributed by atoms with van der Waals surface area (Å²) in [5, 5.41) is 7.08. The number of piperazine rings is 1. The number of hydrogen-bond donors (Lipinski definition) is 1. The average Bonchev–Trinajstić information content (AvgIpc) is 2.96. The second-order valence-electron chi connectivity index (χ2n) is 6.66. The van der Waals surface area contributed by atoms with E-state index in [0.717, 1.165) is 11.4 Å². The number of carbonyl (C=O) groups is 2. The molecule has 1 saturated heterocycles. The van der Waals surface area contributed by atoms with Crippen LogP contribution >= 0.6 is 0 Å². The molecule has 2 aromatic rings. The number of para-hydroxylation sites is 2. The van der Waals surface area contributed by atoms with Crippen molar-refractivity contribution in [1.82, 2.24) is 14.7 Å². The second-order valence-corrected chi connectivity index (χ2v) is 6.66. The van der Waals surface area contributed by atoms with Crippen LogP contribution in [0.25, 0.3) is 0 Å². The zero-order valence-electron chi connectivity index (χ0n) is 16.1. The summed E-state index contributed by atoms with van der Waals surface area (Å²) in [6, 6.07) is 7.06. The molecule has 1 fully saturated rings. The van der Waals surface area contributed by atoms with Gasteiger partial charge >= 0.3 is 0 Å². The molecule has 0 spiro atoms. The van der Waals surface area contributed by atoms with E-state index >= 15 is 0 Å². The van der Waals surface area contributed by atoms with E-state index in [-0.39, 0.29) is 18.4 Å². The molecular weight excluding hydrogens is 346 g/mol. The van der Waals surface area contributed by atoms with Gasteiger partial charge in [0.05, 0.1) is 36.8 Å². The molecular formula is C19H25N5O3. The number of anilines is 2. The highest BCUT2D eigenvalue weighted by Gasteiger charge is 2.34. The van der Waals surface area contributed by atoms with Gasteiger partial charge in [-0.25, -0.2) is 0 Å². The summed E-state index contributed by atoms with van der Waals surface area (Å²) >= 11 is 0. The summed E-state index contributed by atoms with van der Waals surface area (Å²) in [4.78, 5) is 28.9. The maximum atomic E-state index is 12.9. The molecule has 0 unspecified atom stereocenters.